The Morgan fingerprint density at radius 2 is 1.95 bits per heavy atom. The van der Waals surface area contributed by atoms with Gasteiger partial charge in [0.15, 0.2) is 0 Å². The standard InChI is InChI=1S/C16H24ClN3O/c17-14-4-1-2-5-15(14)19-7-9-20(10-8-19)16(12-18)6-3-11-21-13-16/h1-2,4-5H,3,6-13,18H2. The quantitative estimate of drug-likeness (QED) is 0.927. The van der Waals surface area contributed by atoms with Crippen LogP contribution in [0, 0.1) is 0 Å². The molecule has 0 bridgehead atoms. The summed E-state index contributed by atoms with van der Waals surface area (Å²) in [6.45, 7) is 6.35. The first-order valence-electron chi connectivity index (χ1n) is 7.77. The highest BCUT2D eigenvalue weighted by molar-refractivity contribution is 6.33. The second kappa shape index (κ2) is 6.53. The molecule has 2 aliphatic heterocycles. The van der Waals surface area contributed by atoms with E-state index in [9.17, 15) is 0 Å². The Morgan fingerprint density at radius 1 is 1.19 bits per heavy atom. The molecule has 2 fully saturated rings. The molecule has 0 radical (unpaired) electrons. The van der Waals surface area contributed by atoms with Crippen molar-refractivity contribution in [2.75, 3.05) is 50.8 Å². The van der Waals surface area contributed by atoms with Crippen LogP contribution in [0.3, 0.4) is 0 Å². The van der Waals surface area contributed by atoms with Crippen LogP contribution in [0.1, 0.15) is 12.8 Å². The fourth-order valence-corrected chi connectivity index (χ4v) is 3.76. The number of piperazine rings is 1. The lowest BCUT2D eigenvalue weighted by atomic mass is 9.89. The molecule has 116 valence electrons. The molecule has 2 saturated heterocycles. The van der Waals surface area contributed by atoms with Crippen molar-refractivity contribution in [2.24, 2.45) is 5.73 Å². The average molecular weight is 310 g/mol. The number of nitrogens with zero attached hydrogens (tertiary/aromatic N) is 2. The van der Waals surface area contributed by atoms with E-state index in [1.54, 1.807) is 0 Å². The number of ether oxygens (including phenoxy) is 1. The first kappa shape index (κ1) is 15.1. The highest BCUT2D eigenvalue weighted by Gasteiger charge is 2.39. The molecular weight excluding hydrogens is 286 g/mol. The Labute approximate surface area is 131 Å². The Morgan fingerprint density at radius 3 is 2.57 bits per heavy atom. The van der Waals surface area contributed by atoms with E-state index in [-0.39, 0.29) is 5.54 Å². The van der Waals surface area contributed by atoms with Crippen LogP contribution >= 0.6 is 11.6 Å². The number of para-hydroxylation sites is 1. The Balaban J connectivity index is 1.66. The number of nitrogens with two attached hydrogens (primary N) is 1. The SMILES string of the molecule is NCC1(N2CCN(c3ccccc3Cl)CC2)CCCOC1. The van der Waals surface area contributed by atoms with Gasteiger partial charge in [0, 0.05) is 39.3 Å². The van der Waals surface area contributed by atoms with Crippen molar-refractivity contribution < 1.29 is 4.74 Å². The fourth-order valence-electron chi connectivity index (χ4n) is 3.51. The number of hydrogen-bond donors (Lipinski definition) is 1. The largest absolute Gasteiger partial charge is 0.379 e. The molecule has 2 N–H and O–H groups in total. The lowest BCUT2D eigenvalue weighted by molar-refractivity contribution is -0.0468. The van der Waals surface area contributed by atoms with E-state index in [0.29, 0.717) is 6.54 Å². The zero-order valence-electron chi connectivity index (χ0n) is 12.4. The van der Waals surface area contributed by atoms with Crippen LogP contribution in [0.5, 0.6) is 0 Å². The van der Waals surface area contributed by atoms with E-state index in [4.69, 9.17) is 22.1 Å². The smallest absolute Gasteiger partial charge is 0.0662 e. The van der Waals surface area contributed by atoms with E-state index in [0.717, 1.165) is 62.9 Å². The minimum Gasteiger partial charge on any atom is -0.379 e. The van der Waals surface area contributed by atoms with Crippen molar-refractivity contribution in [3.63, 3.8) is 0 Å². The summed E-state index contributed by atoms with van der Waals surface area (Å²) in [5.74, 6) is 0. The Bertz CT molecular complexity index is 468. The maximum Gasteiger partial charge on any atom is 0.0662 e. The van der Waals surface area contributed by atoms with Gasteiger partial charge in [0.1, 0.15) is 0 Å². The van der Waals surface area contributed by atoms with Crippen LogP contribution in [0.15, 0.2) is 24.3 Å². The Kier molecular flexibility index (Phi) is 4.69. The molecule has 5 heteroatoms. The third kappa shape index (κ3) is 3.04. The second-order valence-electron chi connectivity index (χ2n) is 6.01. The van der Waals surface area contributed by atoms with Crippen molar-refractivity contribution in [3.05, 3.63) is 29.3 Å². The number of rotatable bonds is 3. The van der Waals surface area contributed by atoms with E-state index in [1.807, 2.05) is 18.2 Å². The minimum absolute atomic E-state index is 0.0465. The summed E-state index contributed by atoms with van der Waals surface area (Å²) < 4.78 is 5.70. The lowest BCUT2D eigenvalue weighted by Crippen LogP contribution is -2.63. The number of benzene rings is 1. The molecule has 0 aliphatic carbocycles. The van der Waals surface area contributed by atoms with Gasteiger partial charge in [-0.2, -0.15) is 0 Å². The second-order valence-corrected chi connectivity index (χ2v) is 6.42. The van der Waals surface area contributed by atoms with E-state index in [2.05, 4.69) is 15.9 Å². The van der Waals surface area contributed by atoms with E-state index < -0.39 is 0 Å². The molecule has 1 aromatic carbocycles. The van der Waals surface area contributed by atoms with Gasteiger partial charge in [-0.15, -0.1) is 0 Å². The highest BCUT2D eigenvalue weighted by Crippen LogP contribution is 2.30. The molecule has 1 atom stereocenters. The maximum absolute atomic E-state index is 6.30. The van der Waals surface area contributed by atoms with Crippen LogP contribution in [0.25, 0.3) is 0 Å². The molecule has 0 amide bonds. The van der Waals surface area contributed by atoms with Crippen LogP contribution in [-0.4, -0.2) is 56.4 Å². The molecule has 0 aromatic heterocycles. The molecule has 2 heterocycles. The average Bonchev–Trinajstić information content (AvgIpc) is 2.56. The predicted molar refractivity (Wildman–Crippen MR) is 87.1 cm³/mol. The van der Waals surface area contributed by atoms with Gasteiger partial charge >= 0.3 is 0 Å². The summed E-state index contributed by atoms with van der Waals surface area (Å²) in [5.41, 5.74) is 7.27. The zero-order valence-corrected chi connectivity index (χ0v) is 13.2. The summed E-state index contributed by atoms with van der Waals surface area (Å²) in [4.78, 5) is 4.90. The molecule has 3 rings (SSSR count). The normalized spacial score (nSPS) is 27.8. The third-order valence-corrected chi connectivity index (χ3v) is 5.14. The van der Waals surface area contributed by atoms with Gasteiger partial charge in [0.25, 0.3) is 0 Å². The molecule has 0 spiro atoms. The van der Waals surface area contributed by atoms with Crippen molar-refractivity contribution in [3.8, 4) is 0 Å². The monoisotopic (exact) mass is 309 g/mol. The molecule has 2 aliphatic rings. The number of halogens is 1. The van der Waals surface area contributed by atoms with Crippen molar-refractivity contribution in [1.29, 1.82) is 0 Å². The summed E-state index contributed by atoms with van der Waals surface area (Å²) in [5, 5.41) is 0.834. The van der Waals surface area contributed by atoms with Crippen LogP contribution in [-0.2, 0) is 4.74 Å². The maximum atomic E-state index is 6.30. The topological polar surface area (TPSA) is 41.7 Å². The van der Waals surface area contributed by atoms with Crippen LogP contribution in [0.2, 0.25) is 5.02 Å². The molecular formula is C16H24ClN3O. The van der Waals surface area contributed by atoms with Gasteiger partial charge in [-0.25, -0.2) is 0 Å². The van der Waals surface area contributed by atoms with Gasteiger partial charge < -0.3 is 15.4 Å². The molecule has 0 saturated carbocycles. The molecule has 21 heavy (non-hydrogen) atoms. The summed E-state index contributed by atoms with van der Waals surface area (Å²) in [6, 6.07) is 8.08. The number of anilines is 1. The molecule has 4 nitrogen and oxygen atoms in total. The highest BCUT2D eigenvalue weighted by atomic mass is 35.5. The van der Waals surface area contributed by atoms with Gasteiger partial charge in [0.2, 0.25) is 0 Å². The molecule has 1 unspecified atom stereocenters. The van der Waals surface area contributed by atoms with Gasteiger partial charge in [-0.3, -0.25) is 4.90 Å². The van der Waals surface area contributed by atoms with Crippen molar-refractivity contribution in [2.45, 2.75) is 18.4 Å². The third-order valence-electron chi connectivity index (χ3n) is 4.83. The zero-order chi connectivity index (χ0) is 14.7. The lowest BCUT2D eigenvalue weighted by Gasteiger charge is -2.49. The number of hydrogen-bond acceptors (Lipinski definition) is 4. The van der Waals surface area contributed by atoms with Gasteiger partial charge in [0.05, 0.1) is 22.9 Å². The summed E-state index contributed by atoms with van der Waals surface area (Å²) in [7, 11) is 0. The summed E-state index contributed by atoms with van der Waals surface area (Å²) >= 11 is 6.30. The van der Waals surface area contributed by atoms with Crippen molar-refractivity contribution >= 4 is 17.3 Å². The minimum atomic E-state index is 0.0465. The van der Waals surface area contributed by atoms with Gasteiger partial charge in [-0.1, -0.05) is 23.7 Å². The first-order valence-corrected chi connectivity index (χ1v) is 8.15. The first-order chi connectivity index (χ1) is 10.2. The fraction of sp³-hybridized carbons (Fsp3) is 0.625. The predicted octanol–water partition coefficient (Wildman–Crippen LogP) is 1.97. The van der Waals surface area contributed by atoms with Crippen LogP contribution in [0.4, 0.5) is 5.69 Å². The van der Waals surface area contributed by atoms with Crippen molar-refractivity contribution in [1.82, 2.24) is 4.90 Å². The van der Waals surface area contributed by atoms with E-state index in [1.165, 1.54) is 0 Å². The van der Waals surface area contributed by atoms with Crippen LogP contribution < -0.4 is 10.6 Å². The van der Waals surface area contributed by atoms with E-state index >= 15 is 0 Å². The Hall–Kier alpha value is -0.810. The summed E-state index contributed by atoms with van der Waals surface area (Å²) in [6.07, 6.45) is 2.26. The van der Waals surface area contributed by atoms with Gasteiger partial charge in [-0.05, 0) is 25.0 Å². The molecule has 1 aromatic rings.